The molecule has 2 aliphatic heterocycles. The molecule has 47 heavy (non-hydrogen) atoms. The number of rotatable bonds is 10. The Morgan fingerprint density at radius 1 is 1.09 bits per heavy atom. The van der Waals surface area contributed by atoms with E-state index in [-0.39, 0.29) is 30.6 Å². The van der Waals surface area contributed by atoms with Crippen molar-refractivity contribution in [2.24, 2.45) is 4.99 Å². The van der Waals surface area contributed by atoms with Crippen LogP contribution in [0.3, 0.4) is 0 Å². The predicted octanol–water partition coefficient (Wildman–Crippen LogP) is 5.66. The van der Waals surface area contributed by atoms with Crippen molar-refractivity contribution >= 4 is 39.3 Å². The summed E-state index contributed by atoms with van der Waals surface area (Å²) < 4.78 is 36.6. The lowest BCUT2D eigenvalue weighted by atomic mass is 9.95. The van der Waals surface area contributed by atoms with Crippen LogP contribution in [0.5, 0.6) is 28.7 Å². The van der Waals surface area contributed by atoms with Gasteiger partial charge in [-0.3, -0.25) is 9.36 Å². The number of esters is 1. The van der Waals surface area contributed by atoms with Gasteiger partial charge in [-0.1, -0.05) is 29.5 Å². The molecule has 0 spiro atoms. The molecule has 2 aliphatic rings. The van der Waals surface area contributed by atoms with Crippen LogP contribution < -0.4 is 38.6 Å². The molecular formula is C35H33BrN2O8S. The highest BCUT2D eigenvalue weighted by molar-refractivity contribution is 9.10. The van der Waals surface area contributed by atoms with E-state index in [0.29, 0.717) is 50.2 Å². The number of aromatic nitrogens is 1. The minimum absolute atomic E-state index is 0.0691. The smallest absolute Gasteiger partial charge is 0.338 e. The molecule has 3 aromatic carbocycles. The second kappa shape index (κ2) is 13.7. The van der Waals surface area contributed by atoms with Crippen LogP contribution >= 0.6 is 27.3 Å². The number of fused-ring (bicyclic) bond motifs is 2. The van der Waals surface area contributed by atoms with Gasteiger partial charge in [0.05, 0.1) is 46.1 Å². The number of allylic oxidation sites excluding steroid dienone is 1. The molecule has 4 aromatic rings. The topological polar surface area (TPSA) is 107 Å². The number of benzene rings is 3. The monoisotopic (exact) mass is 720 g/mol. The van der Waals surface area contributed by atoms with Crippen molar-refractivity contribution in [2.45, 2.75) is 46.4 Å². The Labute approximate surface area is 283 Å². The van der Waals surface area contributed by atoms with Gasteiger partial charge in [0.25, 0.3) is 5.56 Å². The molecular weight excluding hydrogens is 688 g/mol. The second-order valence-electron chi connectivity index (χ2n) is 11.0. The molecule has 12 heteroatoms. The summed E-state index contributed by atoms with van der Waals surface area (Å²) >= 11 is 4.86. The summed E-state index contributed by atoms with van der Waals surface area (Å²) in [6.45, 7) is 8.08. The average Bonchev–Trinajstić information content (AvgIpc) is 3.63. The van der Waals surface area contributed by atoms with Gasteiger partial charge in [0.15, 0.2) is 27.8 Å². The second-order valence-corrected chi connectivity index (χ2v) is 12.9. The fourth-order valence-corrected chi connectivity index (χ4v) is 6.94. The normalized spacial score (nSPS) is 15.4. The van der Waals surface area contributed by atoms with Crippen LogP contribution in [0, 0.1) is 0 Å². The van der Waals surface area contributed by atoms with Crippen molar-refractivity contribution in [2.75, 3.05) is 20.5 Å². The first-order valence-corrected chi connectivity index (χ1v) is 16.6. The Morgan fingerprint density at radius 2 is 1.87 bits per heavy atom. The third kappa shape index (κ3) is 6.66. The molecule has 0 radical (unpaired) electrons. The number of methoxy groups -OCH3 is 1. The van der Waals surface area contributed by atoms with Crippen molar-refractivity contribution in [3.63, 3.8) is 0 Å². The zero-order chi connectivity index (χ0) is 33.2. The summed E-state index contributed by atoms with van der Waals surface area (Å²) in [7, 11) is 1.55. The number of nitrogens with zero attached hydrogens (tertiary/aromatic N) is 2. The molecule has 0 bridgehead atoms. The maximum absolute atomic E-state index is 14.1. The third-order valence-electron chi connectivity index (χ3n) is 7.47. The SMILES string of the molecule is CCOC(=O)C1=C(C)N=c2s/c(=C\c3ccc(OCc4ccc5c(c4)OCO5)c(Br)c3)c(=O)n2[C@H]1c1ccc(OC(C)C)c(OC)c1. The third-order valence-corrected chi connectivity index (χ3v) is 9.07. The van der Waals surface area contributed by atoms with E-state index in [1.807, 2.05) is 56.3 Å². The summed E-state index contributed by atoms with van der Waals surface area (Å²) in [5.74, 6) is 2.58. The van der Waals surface area contributed by atoms with Crippen molar-refractivity contribution in [3.05, 3.63) is 107 Å². The Morgan fingerprint density at radius 3 is 2.62 bits per heavy atom. The van der Waals surface area contributed by atoms with E-state index in [1.54, 1.807) is 43.7 Å². The van der Waals surface area contributed by atoms with Crippen molar-refractivity contribution < 1.29 is 33.2 Å². The lowest BCUT2D eigenvalue weighted by Crippen LogP contribution is -2.40. The summed E-state index contributed by atoms with van der Waals surface area (Å²) in [4.78, 5) is 32.5. The highest BCUT2D eigenvalue weighted by Gasteiger charge is 2.34. The number of carbonyl (C=O) groups excluding carboxylic acids is 1. The van der Waals surface area contributed by atoms with Gasteiger partial charge in [-0.2, -0.15) is 0 Å². The predicted molar refractivity (Wildman–Crippen MR) is 180 cm³/mol. The number of hydrogen-bond acceptors (Lipinski definition) is 10. The molecule has 0 unspecified atom stereocenters. The highest BCUT2D eigenvalue weighted by atomic mass is 79.9. The largest absolute Gasteiger partial charge is 0.493 e. The fraction of sp³-hybridized carbons (Fsp3) is 0.286. The van der Waals surface area contributed by atoms with Gasteiger partial charge in [0, 0.05) is 0 Å². The van der Waals surface area contributed by atoms with Gasteiger partial charge in [0.1, 0.15) is 12.4 Å². The molecule has 6 rings (SSSR count). The van der Waals surface area contributed by atoms with Crippen molar-refractivity contribution in [1.29, 1.82) is 0 Å². The average molecular weight is 722 g/mol. The molecule has 3 heterocycles. The molecule has 1 aromatic heterocycles. The first kappa shape index (κ1) is 32.4. The number of thiazole rings is 1. The van der Waals surface area contributed by atoms with Crippen molar-refractivity contribution in [3.8, 4) is 28.7 Å². The van der Waals surface area contributed by atoms with Crippen LogP contribution in [0.4, 0.5) is 0 Å². The zero-order valence-corrected chi connectivity index (χ0v) is 28.9. The maximum Gasteiger partial charge on any atom is 0.338 e. The van der Waals surface area contributed by atoms with Gasteiger partial charge < -0.3 is 28.4 Å². The summed E-state index contributed by atoms with van der Waals surface area (Å²) in [5, 5.41) is 0. The number of halogens is 1. The number of carbonyl (C=O) groups is 1. The number of hydrogen-bond donors (Lipinski definition) is 0. The molecule has 0 fully saturated rings. The Bertz CT molecular complexity index is 2070. The van der Waals surface area contributed by atoms with Crippen LogP contribution in [-0.2, 0) is 16.1 Å². The lowest BCUT2D eigenvalue weighted by molar-refractivity contribution is -0.139. The van der Waals surface area contributed by atoms with E-state index in [9.17, 15) is 9.59 Å². The van der Waals surface area contributed by atoms with E-state index in [2.05, 4.69) is 20.9 Å². The van der Waals surface area contributed by atoms with E-state index >= 15 is 0 Å². The Kier molecular flexibility index (Phi) is 9.42. The fourth-order valence-electron chi connectivity index (χ4n) is 5.38. The number of ether oxygens (including phenoxy) is 6. The van der Waals surface area contributed by atoms with Crippen molar-refractivity contribution in [1.82, 2.24) is 4.57 Å². The lowest BCUT2D eigenvalue weighted by Gasteiger charge is -2.25. The molecule has 0 saturated heterocycles. The van der Waals surface area contributed by atoms with Gasteiger partial charge in [0.2, 0.25) is 6.79 Å². The van der Waals surface area contributed by atoms with Gasteiger partial charge in [-0.05, 0) is 103 Å². The van der Waals surface area contributed by atoms with Crippen LogP contribution in [0.15, 0.2) is 80.1 Å². The maximum atomic E-state index is 14.1. The van der Waals surface area contributed by atoms with Crippen LogP contribution in [0.2, 0.25) is 0 Å². The highest BCUT2D eigenvalue weighted by Crippen LogP contribution is 2.37. The minimum atomic E-state index is -0.784. The minimum Gasteiger partial charge on any atom is -0.493 e. The van der Waals surface area contributed by atoms with Gasteiger partial charge >= 0.3 is 5.97 Å². The van der Waals surface area contributed by atoms with E-state index in [0.717, 1.165) is 21.3 Å². The molecule has 0 N–H and O–H groups in total. The van der Waals surface area contributed by atoms with E-state index < -0.39 is 12.0 Å². The Balaban J connectivity index is 1.35. The zero-order valence-electron chi connectivity index (χ0n) is 26.5. The summed E-state index contributed by atoms with van der Waals surface area (Å²) in [6.07, 6.45) is 1.73. The molecule has 1 atom stereocenters. The standard InChI is InChI=1S/C35H33BrN2O8S/c1-6-42-34(40)31-20(4)37-35-38(32(31)23-9-12-27(46-19(2)3)28(16-23)41-5)33(39)30(47-35)15-21-7-10-25(24(36)13-21)43-17-22-8-11-26-29(14-22)45-18-44-26/h7-16,19,32H,6,17-18H2,1-5H3/b30-15-/t32-/m0/s1. The quantitative estimate of drug-likeness (QED) is 0.193. The van der Waals surface area contributed by atoms with Crippen LogP contribution in [0.1, 0.15) is 50.4 Å². The summed E-state index contributed by atoms with van der Waals surface area (Å²) in [5.41, 5.74) is 2.88. The molecule has 0 saturated carbocycles. The van der Waals surface area contributed by atoms with E-state index in [4.69, 9.17) is 28.4 Å². The van der Waals surface area contributed by atoms with Gasteiger partial charge in [-0.25, -0.2) is 9.79 Å². The summed E-state index contributed by atoms with van der Waals surface area (Å²) in [6, 6.07) is 15.9. The Hall–Kier alpha value is -4.55. The van der Waals surface area contributed by atoms with Crippen LogP contribution in [0.25, 0.3) is 6.08 Å². The van der Waals surface area contributed by atoms with Gasteiger partial charge in [-0.15, -0.1) is 0 Å². The van der Waals surface area contributed by atoms with E-state index in [1.165, 1.54) is 11.3 Å². The molecule has 0 amide bonds. The van der Waals surface area contributed by atoms with Crippen LogP contribution in [-0.4, -0.2) is 37.1 Å². The molecule has 10 nitrogen and oxygen atoms in total. The molecule has 0 aliphatic carbocycles. The first-order chi connectivity index (χ1) is 22.7. The molecule has 244 valence electrons. The first-order valence-electron chi connectivity index (χ1n) is 15.0.